The first-order valence-electron chi connectivity index (χ1n) is 6.70. The zero-order valence-corrected chi connectivity index (χ0v) is 11.2. The van der Waals surface area contributed by atoms with E-state index < -0.39 is 0 Å². The van der Waals surface area contributed by atoms with Crippen molar-refractivity contribution in [1.82, 2.24) is 0 Å². The molecular formula is C16H24O2. The molecule has 18 heavy (non-hydrogen) atoms. The van der Waals surface area contributed by atoms with Crippen LogP contribution in [0.25, 0.3) is 0 Å². The quantitative estimate of drug-likeness (QED) is 0.675. The molecule has 0 unspecified atom stereocenters. The standard InChI is InChI=1S/C16H24O2/c1-3-8-15(17)12-16(9-4-2)18-13-14-10-6-5-7-11-14/h3,5-7,10-11,15-17H,1,4,8-9,12-13H2,2H3/t15-,16-/m0/s1. The molecule has 0 heterocycles. The van der Waals surface area contributed by atoms with Crippen LogP contribution < -0.4 is 0 Å². The van der Waals surface area contributed by atoms with Gasteiger partial charge in [0.1, 0.15) is 0 Å². The van der Waals surface area contributed by atoms with Crippen molar-refractivity contribution >= 4 is 0 Å². The van der Waals surface area contributed by atoms with Gasteiger partial charge in [0.2, 0.25) is 0 Å². The van der Waals surface area contributed by atoms with Crippen LogP contribution in [0.4, 0.5) is 0 Å². The molecule has 0 fully saturated rings. The van der Waals surface area contributed by atoms with Crippen LogP contribution in [-0.4, -0.2) is 17.3 Å². The molecular weight excluding hydrogens is 224 g/mol. The summed E-state index contributed by atoms with van der Waals surface area (Å²) in [5.41, 5.74) is 1.18. The third-order valence-electron chi connectivity index (χ3n) is 2.91. The van der Waals surface area contributed by atoms with Crippen molar-refractivity contribution < 1.29 is 9.84 Å². The highest BCUT2D eigenvalue weighted by Gasteiger charge is 2.13. The molecule has 0 aliphatic rings. The number of hydrogen-bond donors (Lipinski definition) is 1. The first-order chi connectivity index (χ1) is 8.76. The lowest BCUT2D eigenvalue weighted by Gasteiger charge is -2.20. The number of aliphatic hydroxyl groups excluding tert-OH is 1. The number of rotatable bonds is 9. The minimum Gasteiger partial charge on any atom is -0.393 e. The highest BCUT2D eigenvalue weighted by Crippen LogP contribution is 2.14. The summed E-state index contributed by atoms with van der Waals surface area (Å²) in [5.74, 6) is 0. The summed E-state index contributed by atoms with van der Waals surface area (Å²) >= 11 is 0. The van der Waals surface area contributed by atoms with Gasteiger partial charge < -0.3 is 9.84 Å². The van der Waals surface area contributed by atoms with Gasteiger partial charge in [0.15, 0.2) is 0 Å². The van der Waals surface area contributed by atoms with Crippen LogP contribution in [-0.2, 0) is 11.3 Å². The maximum Gasteiger partial charge on any atom is 0.0720 e. The molecule has 1 rings (SSSR count). The molecule has 1 aromatic rings. The van der Waals surface area contributed by atoms with Crippen molar-refractivity contribution in [3.05, 3.63) is 48.6 Å². The van der Waals surface area contributed by atoms with Gasteiger partial charge in [0, 0.05) is 0 Å². The highest BCUT2D eigenvalue weighted by atomic mass is 16.5. The molecule has 2 nitrogen and oxygen atoms in total. The molecule has 0 spiro atoms. The second kappa shape index (κ2) is 8.90. The van der Waals surface area contributed by atoms with E-state index in [2.05, 4.69) is 25.6 Å². The lowest BCUT2D eigenvalue weighted by Crippen LogP contribution is -2.20. The maximum absolute atomic E-state index is 9.79. The van der Waals surface area contributed by atoms with E-state index in [1.54, 1.807) is 6.08 Å². The summed E-state index contributed by atoms with van der Waals surface area (Å²) in [5, 5.41) is 9.79. The van der Waals surface area contributed by atoms with Crippen molar-refractivity contribution in [2.45, 2.75) is 51.4 Å². The van der Waals surface area contributed by atoms with Gasteiger partial charge in [-0.25, -0.2) is 0 Å². The van der Waals surface area contributed by atoms with Crippen molar-refractivity contribution in [2.24, 2.45) is 0 Å². The van der Waals surface area contributed by atoms with Crippen molar-refractivity contribution in [2.75, 3.05) is 0 Å². The third-order valence-corrected chi connectivity index (χ3v) is 2.91. The molecule has 0 saturated carbocycles. The van der Waals surface area contributed by atoms with Crippen LogP contribution >= 0.6 is 0 Å². The fourth-order valence-electron chi connectivity index (χ4n) is 1.97. The average Bonchev–Trinajstić information content (AvgIpc) is 2.38. The van der Waals surface area contributed by atoms with Gasteiger partial charge in [-0.15, -0.1) is 6.58 Å². The largest absolute Gasteiger partial charge is 0.393 e. The summed E-state index contributed by atoms with van der Waals surface area (Å²) in [6, 6.07) is 10.1. The molecule has 2 atom stereocenters. The van der Waals surface area contributed by atoms with E-state index in [-0.39, 0.29) is 12.2 Å². The van der Waals surface area contributed by atoms with Gasteiger partial charge in [-0.3, -0.25) is 0 Å². The Balaban J connectivity index is 2.39. The normalized spacial score (nSPS) is 14.1. The summed E-state index contributed by atoms with van der Waals surface area (Å²) in [6.07, 6.45) is 4.92. The van der Waals surface area contributed by atoms with Crippen LogP contribution in [0.15, 0.2) is 43.0 Å². The highest BCUT2D eigenvalue weighted by molar-refractivity contribution is 5.13. The van der Waals surface area contributed by atoms with Crippen molar-refractivity contribution in [1.29, 1.82) is 0 Å². The molecule has 100 valence electrons. The van der Waals surface area contributed by atoms with E-state index in [1.165, 1.54) is 5.56 Å². The van der Waals surface area contributed by atoms with Gasteiger partial charge in [-0.1, -0.05) is 49.8 Å². The third kappa shape index (κ3) is 5.99. The zero-order chi connectivity index (χ0) is 13.2. The second-order valence-corrected chi connectivity index (χ2v) is 4.62. The summed E-state index contributed by atoms with van der Waals surface area (Å²) in [6.45, 7) is 6.40. The maximum atomic E-state index is 9.79. The summed E-state index contributed by atoms with van der Waals surface area (Å²) in [4.78, 5) is 0. The Labute approximate surface area is 110 Å². The van der Waals surface area contributed by atoms with Gasteiger partial charge in [-0.05, 0) is 24.8 Å². The predicted octanol–water partition coefficient (Wildman–Crippen LogP) is 3.70. The van der Waals surface area contributed by atoms with E-state index in [0.717, 1.165) is 12.8 Å². The number of hydrogen-bond acceptors (Lipinski definition) is 2. The van der Waals surface area contributed by atoms with Gasteiger partial charge >= 0.3 is 0 Å². The summed E-state index contributed by atoms with van der Waals surface area (Å²) < 4.78 is 5.89. The van der Waals surface area contributed by atoms with Crippen LogP contribution in [0.2, 0.25) is 0 Å². The number of benzene rings is 1. The first kappa shape index (κ1) is 14.9. The van der Waals surface area contributed by atoms with Gasteiger partial charge in [0.05, 0.1) is 18.8 Å². The Morgan fingerprint density at radius 1 is 1.33 bits per heavy atom. The van der Waals surface area contributed by atoms with Crippen LogP contribution in [0, 0.1) is 0 Å². The number of aliphatic hydroxyl groups is 1. The SMILES string of the molecule is C=CC[C@H](O)C[C@H](CCC)OCc1ccccc1. The molecule has 1 N–H and O–H groups in total. The first-order valence-corrected chi connectivity index (χ1v) is 6.70. The Kier molecular flexibility index (Phi) is 7.38. The van der Waals surface area contributed by atoms with E-state index in [4.69, 9.17) is 4.74 Å². The lowest BCUT2D eigenvalue weighted by atomic mass is 10.0. The molecule has 2 heteroatoms. The van der Waals surface area contributed by atoms with E-state index in [1.807, 2.05) is 18.2 Å². The van der Waals surface area contributed by atoms with Crippen LogP contribution in [0.5, 0.6) is 0 Å². The fraction of sp³-hybridized carbons (Fsp3) is 0.500. The molecule has 0 saturated heterocycles. The number of ether oxygens (including phenoxy) is 1. The Morgan fingerprint density at radius 2 is 2.06 bits per heavy atom. The Morgan fingerprint density at radius 3 is 2.67 bits per heavy atom. The van der Waals surface area contributed by atoms with Crippen LogP contribution in [0.1, 0.15) is 38.2 Å². The van der Waals surface area contributed by atoms with Crippen molar-refractivity contribution in [3.8, 4) is 0 Å². The zero-order valence-electron chi connectivity index (χ0n) is 11.2. The topological polar surface area (TPSA) is 29.5 Å². The van der Waals surface area contributed by atoms with E-state index in [0.29, 0.717) is 19.4 Å². The van der Waals surface area contributed by atoms with Crippen LogP contribution in [0.3, 0.4) is 0 Å². The van der Waals surface area contributed by atoms with Crippen molar-refractivity contribution in [3.63, 3.8) is 0 Å². The molecule has 0 aliphatic heterocycles. The molecule has 0 radical (unpaired) electrons. The fourth-order valence-corrected chi connectivity index (χ4v) is 1.97. The minimum atomic E-state index is -0.338. The molecule has 0 amide bonds. The predicted molar refractivity (Wildman–Crippen MR) is 75.4 cm³/mol. The smallest absolute Gasteiger partial charge is 0.0720 e. The molecule has 1 aromatic carbocycles. The average molecular weight is 248 g/mol. The molecule has 0 aliphatic carbocycles. The molecule has 0 bridgehead atoms. The van der Waals surface area contributed by atoms with Gasteiger partial charge in [-0.2, -0.15) is 0 Å². The van der Waals surface area contributed by atoms with E-state index in [9.17, 15) is 5.11 Å². The lowest BCUT2D eigenvalue weighted by molar-refractivity contribution is -0.000203. The van der Waals surface area contributed by atoms with E-state index >= 15 is 0 Å². The Hall–Kier alpha value is -1.12. The molecule has 0 aromatic heterocycles. The summed E-state index contributed by atoms with van der Waals surface area (Å²) in [7, 11) is 0. The minimum absolute atomic E-state index is 0.130. The Bertz CT molecular complexity index is 321. The second-order valence-electron chi connectivity index (χ2n) is 4.62. The monoisotopic (exact) mass is 248 g/mol. The van der Waals surface area contributed by atoms with Gasteiger partial charge in [0.25, 0.3) is 0 Å².